The van der Waals surface area contributed by atoms with Crippen molar-refractivity contribution in [3.63, 3.8) is 0 Å². The van der Waals surface area contributed by atoms with E-state index in [2.05, 4.69) is 0 Å². The molecule has 2 N–H and O–H groups in total. The Kier molecular flexibility index (Phi) is 3.52. The molecule has 0 fully saturated rings. The summed E-state index contributed by atoms with van der Waals surface area (Å²) in [7, 11) is 0. The molecule has 0 saturated carbocycles. The monoisotopic (exact) mass is 253 g/mol. The lowest BCUT2D eigenvalue weighted by molar-refractivity contribution is 0.103. The van der Waals surface area contributed by atoms with Gasteiger partial charge in [-0.2, -0.15) is 0 Å². The summed E-state index contributed by atoms with van der Waals surface area (Å²) in [5, 5.41) is 0. The molecule has 19 heavy (non-hydrogen) atoms. The molecule has 0 aromatic heterocycles. The number of nitrogen functional groups attached to an aromatic ring is 1. The number of benzene rings is 2. The van der Waals surface area contributed by atoms with E-state index in [0.717, 1.165) is 0 Å². The summed E-state index contributed by atoms with van der Waals surface area (Å²) in [6, 6.07) is 10.8. The Morgan fingerprint density at radius 2 is 1.47 bits per heavy atom. The minimum absolute atomic E-state index is 0.243. The summed E-state index contributed by atoms with van der Waals surface area (Å²) >= 11 is 0. The topological polar surface area (TPSA) is 77.2 Å². The molecule has 2 aromatic carbocycles. The first-order valence-electron chi connectivity index (χ1n) is 5.60. The Morgan fingerprint density at radius 3 is 2.00 bits per heavy atom. The van der Waals surface area contributed by atoms with Crippen molar-refractivity contribution < 1.29 is 14.4 Å². The number of carbonyl (C=O) groups excluding carboxylic acids is 3. The van der Waals surface area contributed by atoms with Gasteiger partial charge in [-0.05, 0) is 12.1 Å². The number of hydrogen-bond donors (Lipinski definition) is 1. The number of rotatable bonds is 4. The molecule has 0 aliphatic carbocycles. The average Bonchev–Trinajstić information content (AvgIpc) is 2.46. The van der Waals surface area contributed by atoms with Gasteiger partial charge in [-0.3, -0.25) is 14.4 Å². The first-order chi connectivity index (χ1) is 9.15. The normalized spacial score (nSPS) is 9.89. The van der Waals surface area contributed by atoms with Crippen LogP contribution in [0.1, 0.15) is 36.6 Å². The Bertz CT molecular complexity index is 645. The Hall–Kier alpha value is -2.75. The van der Waals surface area contributed by atoms with Gasteiger partial charge in [-0.1, -0.05) is 30.3 Å². The molecule has 0 spiro atoms. The second-order valence-electron chi connectivity index (χ2n) is 4.03. The van der Waals surface area contributed by atoms with Crippen LogP contribution in [0.4, 0.5) is 5.69 Å². The molecular formula is C15H11NO3. The van der Waals surface area contributed by atoms with Gasteiger partial charge in [0.25, 0.3) is 0 Å². The van der Waals surface area contributed by atoms with Gasteiger partial charge in [0.05, 0.1) is 0 Å². The molecule has 4 heteroatoms. The second-order valence-corrected chi connectivity index (χ2v) is 4.03. The van der Waals surface area contributed by atoms with Crippen molar-refractivity contribution in [1.82, 2.24) is 0 Å². The van der Waals surface area contributed by atoms with Crippen molar-refractivity contribution in [2.24, 2.45) is 0 Å². The summed E-state index contributed by atoms with van der Waals surface area (Å²) in [6.07, 6.45) is 1.38. The summed E-state index contributed by atoms with van der Waals surface area (Å²) in [5.41, 5.74) is 7.71. The lowest BCUT2D eigenvalue weighted by Crippen LogP contribution is -2.06. The molecule has 0 atom stereocenters. The number of carbonyl (C=O) groups is 3. The van der Waals surface area contributed by atoms with Gasteiger partial charge in [0.1, 0.15) is 12.6 Å². The Labute approximate surface area is 109 Å². The zero-order chi connectivity index (χ0) is 13.8. The number of hydrogen-bond acceptors (Lipinski definition) is 4. The van der Waals surface area contributed by atoms with Crippen molar-refractivity contribution in [3.05, 3.63) is 64.7 Å². The van der Waals surface area contributed by atoms with Gasteiger partial charge in [0, 0.05) is 27.9 Å². The van der Waals surface area contributed by atoms with Gasteiger partial charge in [0.15, 0.2) is 5.78 Å². The van der Waals surface area contributed by atoms with E-state index in [0.29, 0.717) is 34.8 Å². The van der Waals surface area contributed by atoms with E-state index in [4.69, 9.17) is 5.73 Å². The lowest BCUT2D eigenvalue weighted by Gasteiger charge is -2.05. The van der Waals surface area contributed by atoms with Crippen LogP contribution in [-0.4, -0.2) is 18.4 Å². The van der Waals surface area contributed by atoms with E-state index < -0.39 is 0 Å². The summed E-state index contributed by atoms with van der Waals surface area (Å²) in [6.45, 7) is 0. The summed E-state index contributed by atoms with van der Waals surface area (Å²) < 4.78 is 0. The quantitative estimate of drug-likeness (QED) is 0.514. The van der Waals surface area contributed by atoms with Gasteiger partial charge in [0.2, 0.25) is 0 Å². The van der Waals surface area contributed by atoms with Crippen LogP contribution in [0.25, 0.3) is 0 Å². The van der Waals surface area contributed by atoms with Gasteiger partial charge in [-0.15, -0.1) is 0 Å². The van der Waals surface area contributed by atoms with Crippen molar-refractivity contribution in [2.75, 3.05) is 5.73 Å². The highest BCUT2D eigenvalue weighted by molar-refractivity contribution is 6.12. The van der Waals surface area contributed by atoms with Crippen molar-refractivity contribution in [3.8, 4) is 0 Å². The molecule has 0 aliphatic rings. The standard InChI is InChI=1S/C15H11NO3/c16-14-7-11(9-18)3-6-13(14)15(19)12-4-1-10(8-17)2-5-12/h1-9H,16H2. The van der Waals surface area contributed by atoms with E-state index in [1.807, 2.05) is 0 Å². The van der Waals surface area contributed by atoms with E-state index in [-0.39, 0.29) is 11.5 Å². The number of nitrogens with two attached hydrogens (primary N) is 1. The highest BCUT2D eigenvalue weighted by Gasteiger charge is 2.12. The minimum Gasteiger partial charge on any atom is -0.398 e. The summed E-state index contributed by atoms with van der Waals surface area (Å²) in [5.74, 6) is -0.243. The largest absolute Gasteiger partial charge is 0.398 e. The fourth-order valence-corrected chi connectivity index (χ4v) is 1.73. The smallest absolute Gasteiger partial charge is 0.195 e. The predicted octanol–water partition coefficient (Wildman–Crippen LogP) is 2.12. The Balaban J connectivity index is 2.37. The molecule has 2 aromatic rings. The lowest BCUT2D eigenvalue weighted by atomic mass is 9.99. The van der Waals surface area contributed by atoms with Gasteiger partial charge < -0.3 is 5.73 Å². The van der Waals surface area contributed by atoms with Crippen molar-refractivity contribution in [2.45, 2.75) is 0 Å². The fraction of sp³-hybridized carbons (Fsp3) is 0. The average molecular weight is 253 g/mol. The molecule has 0 unspecified atom stereocenters. The molecule has 0 aliphatic heterocycles. The molecule has 2 rings (SSSR count). The molecule has 4 nitrogen and oxygen atoms in total. The SMILES string of the molecule is Nc1cc(C=O)ccc1C(=O)c1ccc(C=O)cc1. The third-order valence-electron chi connectivity index (χ3n) is 2.77. The fourth-order valence-electron chi connectivity index (χ4n) is 1.73. The maximum absolute atomic E-state index is 12.2. The van der Waals surface area contributed by atoms with Crippen LogP contribution >= 0.6 is 0 Å². The molecule has 0 saturated heterocycles. The first kappa shape index (κ1) is 12.7. The molecule has 0 radical (unpaired) electrons. The molecule has 0 bridgehead atoms. The van der Waals surface area contributed by atoms with Crippen LogP contribution in [0, 0.1) is 0 Å². The van der Waals surface area contributed by atoms with Crippen LogP contribution in [-0.2, 0) is 0 Å². The van der Waals surface area contributed by atoms with E-state index in [9.17, 15) is 14.4 Å². The number of aldehydes is 2. The highest BCUT2D eigenvalue weighted by Crippen LogP contribution is 2.18. The maximum Gasteiger partial charge on any atom is 0.195 e. The van der Waals surface area contributed by atoms with Crippen molar-refractivity contribution >= 4 is 24.0 Å². The number of anilines is 1. The van der Waals surface area contributed by atoms with Crippen molar-refractivity contribution in [1.29, 1.82) is 0 Å². The number of ketones is 1. The highest BCUT2D eigenvalue weighted by atomic mass is 16.1. The molecule has 94 valence electrons. The maximum atomic E-state index is 12.2. The van der Waals surface area contributed by atoms with Crippen LogP contribution in [0.2, 0.25) is 0 Å². The van der Waals surface area contributed by atoms with Crippen LogP contribution in [0.5, 0.6) is 0 Å². The van der Waals surface area contributed by atoms with E-state index in [1.54, 1.807) is 24.3 Å². The minimum atomic E-state index is -0.243. The summed E-state index contributed by atoms with van der Waals surface area (Å²) in [4.78, 5) is 33.4. The molecule has 0 heterocycles. The van der Waals surface area contributed by atoms with Gasteiger partial charge in [-0.25, -0.2) is 0 Å². The van der Waals surface area contributed by atoms with Crippen LogP contribution in [0.15, 0.2) is 42.5 Å². The first-order valence-corrected chi connectivity index (χ1v) is 5.60. The third-order valence-corrected chi connectivity index (χ3v) is 2.77. The zero-order valence-electron chi connectivity index (χ0n) is 10.00. The predicted molar refractivity (Wildman–Crippen MR) is 71.5 cm³/mol. The third kappa shape index (κ3) is 2.57. The van der Waals surface area contributed by atoms with Gasteiger partial charge >= 0.3 is 0 Å². The van der Waals surface area contributed by atoms with E-state index in [1.165, 1.54) is 18.2 Å². The Morgan fingerprint density at radius 1 is 0.895 bits per heavy atom. The molecular weight excluding hydrogens is 242 g/mol. The van der Waals surface area contributed by atoms with E-state index >= 15 is 0 Å². The zero-order valence-corrected chi connectivity index (χ0v) is 10.00. The van der Waals surface area contributed by atoms with Crippen LogP contribution < -0.4 is 5.73 Å². The second kappa shape index (κ2) is 5.27. The van der Waals surface area contributed by atoms with Crippen LogP contribution in [0.3, 0.4) is 0 Å². The molecule has 0 amide bonds.